The molecular formula is C13H20F3N3O2S. The number of halogens is 3. The third-order valence-corrected chi connectivity index (χ3v) is 4.85. The Morgan fingerprint density at radius 3 is 2.77 bits per heavy atom. The van der Waals surface area contributed by atoms with Crippen LogP contribution in [-0.2, 0) is 16.0 Å². The molecule has 5 nitrogen and oxygen atoms in total. The van der Waals surface area contributed by atoms with Gasteiger partial charge in [-0.25, -0.2) is 8.42 Å². The highest BCUT2D eigenvalue weighted by Gasteiger charge is 2.35. The first-order valence-corrected chi connectivity index (χ1v) is 9.24. The molecule has 0 unspecified atom stereocenters. The van der Waals surface area contributed by atoms with E-state index in [9.17, 15) is 21.6 Å². The summed E-state index contributed by atoms with van der Waals surface area (Å²) in [7, 11) is -2.97. The molecular weight excluding hydrogens is 319 g/mol. The fourth-order valence-corrected chi connectivity index (χ4v) is 3.41. The van der Waals surface area contributed by atoms with Crippen LogP contribution in [0.5, 0.6) is 0 Å². The fourth-order valence-electron chi connectivity index (χ4n) is 2.75. The lowest BCUT2D eigenvalue weighted by atomic mass is 9.94. The van der Waals surface area contributed by atoms with Crippen molar-refractivity contribution in [3.05, 3.63) is 17.5 Å². The predicted octanol–water partition coefficient (Wildman–Crippen LogP) is 2.04. The van der Waals surface area contributed by atoms with Crippen molar-refractivity contribution in [3.8, 4) is 0 Å². The van der Waals surface area contributed by atoms with E-state index in [4.69, 9.17) is 0 Å². The quantitative estimate of drug-likeness (QED) is 0.892. The zero-order valence-corrected chi connectivity index (χ0v) is 13.2. The molecule has 0 spiro atoms. The van der Waals surface area contributed by atoms with E-state index in [0.717, 1.165) is 25.5 Å². The van der Waals surface area contributed by atoms with Crippen LogP contribution in [0.25, 0.3) is 0 Å². The topological polar surface area (TPSA) is 66.1 Å². The molecule has 1 atom stereocenters. The van der Waals surface area contributed by atoms with Gasteiger partial charge in [0.1, 0.15) is 9.84 Å². The van der Waals surface area contributed by atoms with Crippen molar-refractivity contribution in [2.75, 3.05) is 31.6 Å². The normalized spacial score (nSPS) is 21.2. The van der Waals surface area contributed by atoms with Crippen molar-refractivity contribution in [3.63, 3.8) is 0 Å². The van der Waals surface area contributed by atoms with E-state index in [0.29, 0.717) is 25.2 Å². The highest BCUT2D eigenvalue weighted by Crippen LogP contribution is 2.31. The Morgan fingerprint density at radius 1 is 1.45 bits per heavy atom. The minimum Gasteiger partial charge on any atom is -0.303 e. The Labute approximate surface area is 127 Å². The molecule has 2 rings (SSSR count). The maximum atomic E-state index is 12.6. The van der Waals surface area contributed by atoms with Gasteiger partial charge in [0.15, 0.2) is 5.69 Å². The summed E-state index contributed by atoms with van der Waals surface area (Å²) in [6.45, 7) is 2.12. The molecule has 0 amide bonds. The Hall–Kier alpha value is -1.09. The molecule has 0 bridgehead atoms. The molecule has 0 aliphatic carbocycles. The summed E-state index contributed by atoms with van der Waals surface area (Å²) >= 11 is 0. The number of rotatable bonds is 5. The molecule has 0 saturated carbocycles. The van der Waals surface area contributed by atoms with Crippen LogP contribution >= 0.6 is 0 Å². The molecule has 1 saturated heterocycles. The number of likely N-dealkylation sites (tertiary alicyclic amines) is 1. The first-order valence-electron chi connectivity index (χ1n) is 7.18. The zero-order chi connectivity index (χ0) is 16.4. The second-order valence-corrected chi connectivity index (χ2v) is 8.09. The second-order valence-electron chi connectivity index (χ2n) is 5.83. The number of sulfone groups is 1. The Balaban J connectivity index is 1.91. The lowest BCUT2D eigenvalue weighted by Gasteiger charge is -2.32. The number of aromatic amines is 1. The van der Waals surface area contributed by atoms with Gasteiger partial charge in [0, 0.05) is 24.4 Å². The average molecular weight is 339 g/mol. The van der Waals surface area contributed by atoms with E-state index >= 15 is 0 Å². The summed E-state index contributed by atoms with van der Waals surface area (Å²) < 4.78 is 60.0. The van der Waals surface area contributed by atoms with Crippen LogP contribution in [-0.4, -0.2) is 55.2 Å². The highest BCUT2D eigenvalue weighted by molar-refractivity contribution is 7.90. The number of nitrogens with zero attached hydrogens (tertiary/aromatic N) is 2. The first-order chi connectivity index (χ1) is 10.1. The molecule has 1 fully saturated rings. The van der Waals surface area contributed by atoms with E-state index in [1.54, 1.807) is 0 Å². The summed E-state index contributed by atoms with van der Waals surface area (Å²) in [5.41, 5.74) is -0.392. The molecule has 1 aliphatic heterocycles. The summed E-state index contributed by atoms with van der Waals surface area (Å²) in [5.74, 6) is 0.117. The standard InChI is InChI=1S/C13H20F3N3O2S/c1-22(20,21)7-3-6-19-5-2-4-10(9-19)11-8-12(18-17-11)13(14,15)16/h8,10H,2-7,9H2,1H3,(H,17,18)/t10-/m1/s1. The van der Waals surface area contributed by atoms with Gasteiger partial charge in [-0.05, 0) is 38.4 Å². The van der Waals surface area contributed by atoms with Crippen LogP contribution in [0.15, 0.2) is 6.07 Å². The number of H-pyrrole nitrogens is 1. The van der Waals surface area contributed by atoms with Gasteiger partial charge in [-0.15, -0.1) is 0 Å². The van der Waals surface area contributed by atoms with E-state index < -0.39 is 21.7 Å². The molecule has 22 heavy (non-hydrogen) atoms. The van der Waals surface area contributed by atoms with Gasteiger partial charge in [-0.1, -0.05) is 0 Å². The number of hydrogen-bond donors (Lipinski definition) is 1. The van der Waals surface area contributed by atoms with Crippen molar-refractivity contribution in [1.29, 1.82) is 0 Å². The molecule has 1 aromatic heterocycles. The molecule has 1 N–H and O–H groups in total. The van der Waals surface area contributed by atoms with Gasteiger partial charge in [-0.2, -0.15) is 18.3 Å². The molecule has 1 aliphatic rings. The van der Waals surface area contributed by atoms with Gasteiger partial charge in [-0.3, -0.25) is 5.10 Å². The minimum absolute atomic E-state index is 0.0180. The maximum Gasteiger partial charge on any atom is 0.435 e. The second kappa shape index (κ2) is 6.57. The molecule has 9 heteroatoms. The third-order valence-electron chi connectivity index (χ3n) is 3.82. The summed E-state index contributed by atoms with van der Waals surface area (Å²) in [6.07, 6.45) is -0.998. The number of alkyl halides is 3. The van der Waals surface area contributed by atoms with Crippen molar-refractivity contribution < 1.29 is 21.6 Å². The summed E-state index contributed by atoms with van der Waals surface area (Å²) in [4.78, 5) is 2.10. The van der Waals surface area contributed by atoms with E-state index in [1.165, 1.54) is 6.26 Å². The lowest BCUT2D eigenvalue weighted by Crippen LogP contribution is -2.35. The minimum atomic E-state index is -4.43. The monoisotopic (exact) mass is 339 g/mol. The molecule has 2 heterocycles. The predicted molar refractivity (Wildman–Crippen MR) is 76.3 cm³/mol. The number of hydrogen-bond acceptors (Lipinski definition) is 4. The number of nitrogens with one attached hydrogen (secondary N) is 1. The van der Waals surface area contributed by atoms with Gasteiger partial charge < -0.3 is 4.90 Å². The molecule has 0 radical (unpaired) electrons. The first kappa shape index (κ1) is 17.3. The van der Waals surface area contributed by atoms with Crippen LogP contribution in [0.4, 0.5) is 13.2 Å². The molecule has 0 aromatic carbocycles. The zero-order valence-electron chi connectivity index (χ0n) is 12.4. The van der Waals surface area contributed by atoms with Crippen LogP contribution in [0.2, 0.25) is 0 Å². The third kappa shape index (κ3) is 4.98. The van der Waals surface area contributed by atoms with Crippen LogP contribution < -0.4 is 0 Å². The Kier molecular flexibility index (Phi) is 5.16. The lowest BCUT2D eigenvalue weighted by molar-refractivity contribution is -0.141. The largest absolute Gasteiger partial charge is 0.435 e. The average Bonchev–Trinajstić information content (AvgIpc) is 2.87. The summed E-state index contributed by atoms with van der Waals surface area (Å²) in [5, 5.41) is 5.82. The van der Waals surface area contributed by atoms with Crippen molar-refractivity contribution in [2.45, 2.75) is 31.4 Å². The van der Waals surface area contributed by atoms with Gasteiger partial charge in [0.05, 0.1) is 5.75 Å². The van der Waals surface area contributed by atoms with Gasteiger partial charge >= 0.3 is 6.18 Å². The summed E-state index contributed by atoms with van der Waals surface area (Å²) in [6, 6.07) is 1.07. The van der Waals surface area contributed by atoms with Gasteiger partial charge in [0.25, 0.3) is 0 Å². The van der Waals surface area contributed by atoms with Crippen molar-refractivity contribution in [2.24, 2.45) is 0 Å². The highest BCUT2D eigenvalue weighted by atomic mass is 32.2. The Morgan fingerprint density at radius 2 is 2.18 bits per heavy atom. The smallest absolute Gasteiger partial charge is 0.303 e. The fraction of sp³-hybridized carbons (Fsp3) is 0.769. The van der Waals surface area contributed by atoms with E-state index in [2.05, 4.69) is 15.1 Å². The van der Waals surface area contributed by atoms with Crippen LogP contribution in [0, 0.1) is 0 Å². The van der Waals surface area contributed by atoms with Crippen molar-refractivity contribution >= 4 is 9.84 Å². The molecule has 126 valence electrons. The van der Waals surface area contributed by atoms with E-state index in [-0.39, 0.29) is 11.7 Å². The van der Waals surface area contributed by atoms with Gasteiger partial charge in [0.2, 0.25) is 0 Å². The van der Waals surface area contributed by atoms with Crippen LogP contribution in [0.3, 0.4) is 0 Å². The van der Waals surface area contributed by atoms with E-state index in [1.807, 2.05) is 0 Å². The van der Waals surface area contributed by atoms with Crippen LogP contribution in [0.1, 0.15) is 36.6 Å². The maximum absolute atomic E-state index is 12.6. The number of piperidine rings is 1. The SMILES string of the molecule is CS(=O)(=O)CCCN1CCC[C@@H](c2cc(C(F)(F)F)n[nH]2)C1. The Bertz CT molecular complexity index is 598. The van der Waals surface area contributed by atoms with Crippen molar-refractivity contribution in [1.82, 2.24) is 15.1 Å². The number of aromatic nitrogens is 2. The molecule has 1 aromatic rings.